The number of aromatic nitrogens is 2. The molecule has 1 aromatic heterocycles. The van der Waals surface area contributed by atoms with E-state index in [1.165, 1.54) is 0 Å². The molecule has 0 bridgehead atoms. The lowest BCUT2D eigenvalue weighted by atomic mass is 10.0. The molecule has 1 amide bonds. The molecule has 1 aromatic rings. The predicted molar refractivity (Wildman–Crippen MR) is 73.5 cm³/mol. The molecule has 0 saturated carbocycles. The molecule has 0 aromatic carbocycles. The van der Waals surface area contributed by atoms with Gasteiger partial charge < -0.3 is 10.0 Å². The van der Waals surface area contributed by atoms with Crippen molar-refractivity contribution in [3.8, 4) is 0 Å². The molecule has 20 heavy (non-hydrogen) atoms. The highest BCUT2D eigenvalue weighted by atomic mass is 16.4. The van der Waals surface area contributed by atoms with Gasteiger partial charge in [-0.25, -0.2) is 0 Å². The van der Waals surface area contributed by atoms with Crippen LogP contribution in [0.25, 0.3) is 0 Å². The third kappa shape index (κ3) is 3.18. The van der Waals surface area contributed by atoms with Gasteiger partial charge in [0.15, 0.2) is 0 Å². The zero-order chi connectivity index (χ0) is 14.7. The molecule has 2 rings (SSSR count). The summed E-state index contributed by atoms with van der Waals surface area (Å²) in [4.78, 5) is 24.9. The normalized spacial score (nSPS) is 18.5. The molecule has 1 N–H and O–H groups in total. The first kappa shape index (κ1) is 14.6. The van der Waals surface area contributed by atoms with Crippen molar-refractivity contribution in [3.05, 3.63) is 17.5 Å². The van der Waals surface area contributed by atoms with Crippen LogP contribution in [0.15, 0.2) is 6.20 Å². The summed E-state index contributed by atoms with van der Waals surface area (Å²) in [5.74, 6) is -0.445. The monoisotopic (exact) mass is 279 g/mol. The lowest BCUT2D eigenvalue weighted by molar-refractivity contribution is -0.137. The van der Waals surface area contributed by atoms with E-state index in [1.807, 2.05) is 18.9 Å². The highest BCUT2D eigenvalue weighted by molar-refractivity contribution is 5.95. The second-order valence-corrected chi connectivity index (χ2v) is 5.35. The number of aryl methyl sites for hydroxylation is 2. The second-order valence-electron chi connectivity index (χ2n) is 5.35. The van der Waals surface area contributed by atoms with Gasteiger partial charge in [0.1, 0.15) is 0 Å². The Balaban J connectivity index is 1.98. The van der Waals surface area contributed by atoms with E-state index in [0.717, 1.165) is 18.5 Å². The van der Waals surface area contributed by atoms with Crippen molar-refractivity contribution < 1.29 is 14.7 Å². The fraction of sp³-hybridized carbons (Fsp3) is 0.643. The van der Waals surface area contributed by atoms with Crippen LogP contribution >= 0.6 is 0 Å². The molecule has 1 aliphatic rings. The molecular formula is C14H21N3O3. The topological polar surface area (TPSA) is 75.4 Å². The largest absolute Gasteiger partial charge is 0.481 e. The maximum absolute atomic E-state index is 12.5. The first-order valence-electron chi connectivity index (χ1n) is 7.04. The molecule has 2 heterocycles. The van der Waals surface area contributed by atoms with Crippen molar-refractivity contribution in [2.45, 2.75) is 32.6 Å². The molecule has 110 valence electrons. The minimum Gasteiger partial charge on any atom is -0.481 e. The van der Waals surface area contributed by atoms with E-state index in [4.69, 9.17) is 5.11 Å². The zero-order valence-corrected chi connectivity index (χ0v) is 12.0. The molecule has 1 saturated heterocycles. The van der Waals surface area contributed by atoms with Gasteiger partial charge in [-0.1, -0.05) is 6.92 Å². The van der Waals surface area contributed by atoms with Gasteiger partial charge in [0.2, 0.25) is 0 Å². The van der Waals surface area contributed by atoms with Crippen molar-refractivity contribution in [2.24, 2.45) is 13.0 Å². The first-order chi connectivity index (χ1) is 9.51. The summed E-state index contributed by atoms with van der Waals surface area (Å²) >= 11 is 0. The summed E-state index contributed by atoms with van der Waals surface area (Å²) in [6.45, 7) is 3.35. The van der Waals surface area contributed by atoms with Crippen LogP contribution in [-0.4, -0.2) is 44.8 Å². The van der Waals surface area contributed by atoms with Gasteiger partial charge in [0.25, 0.3) is 5.91 Å². The number of aliphatic carboxylic acids is 1. The van der Waals surface area contributed by atoms with E-state index >= 15 is 0 Å². The van der Waals surface area contributed by atoms with Crippen LogP contribution in [0, 0.1) is 5.92 Å². The fourth-order valence-corrected chi connectivity index (χ4v) is 2.72. The van der Waals surface area contributed by atoms with E-state index in [1.54, 1.807) is 10.9 Å². The van der Waals surface area contributed by atoms with Crippen molar-refractivity contribution in [1.29, 1.82) is 0 Å². The van der Waals surface area contributed by atoms with E-state index < -0.39 is 5.97 Å². The third-order valence-corrected chi connectivity index (χ3v) is 3.81. The predicted octanol–water partition coefficient (Wildman–Crippen LogP) is 1.31. The Bertz CT molecular complexity index is 510. The van der Waals surface area contributed by atoms with E-state index in [0.29, 0.717) is 31.0 Å². The number of amides is 1. The molecule has 0 radical (unpaired) electrons. The zero-order valence-electron chi connectivity index (χ0n) is 12.0. The van der Waals surface area contributed by atoms with Gasteiger partial charge in [-0.15, -0.1) is 0 Å². The van der Waals surface area contributed by atoms with Gasteiger partial charge in [-0.3, -0.25) is 14.3 Å². The second kappa shape index (κ2) is 6.07. The van der Waals surface area contributed by atoms with Gasteiger partial charge in [-0.2, -0.15) is 5.10 Å². The number of rotatable bonds is 5. The number of hydrogen-bond acceptors (Lipinski definition) is 3. The van der Waals surface area contributed by atoms with Crippen molar-refractivity contribution in [1.82, 2.24) is 14.7 Å². The van der Waals surface area contributed by atoms with Crippen LogP contribution in [0.2, 0.25) is 0 Å². The summed E-state index contributed by atoms with van der Waals surface area (Å²) in [6, 6.07) is 0. The summed E-state index contributed by atoms with van der Waals surface area (Å²) in [7, 11) is 1.82. The standard InChI is InChI=1S/C14H21N3O3/c1-3-12-11(9-16(2)15-12)14(20)17-7-6-10(8-17)4-5-13(18)19/h9-10H,3-8H2,1-2H3,(H,18,19). The Labute approximate surface area is 118 Å². The minimum absolute atomic E-state index is 0.0211. The van der Waals surface area contributed by atoms with Crippen LogP contribution in [0.1, 0.15) is 42.2 Å². The lowest BCUT2D eigenvalue weighted by Crippen LogP contribution is -2.29. The lowest BCUT2D eigenvalue weighted by Gasteiger charge is -2.16. The Hall–Kier alpha value is -1.85. The number of likely N-dealkylation sites (tertiary alicyclic amines) is 1. The van der Waals surface area contributed by atoms with E-state index in [9.17, 15) is 9.59 Å². The maximum Gasteiger partial charge on any atom is 0.303 e. The minimum atomic E-state index is -0.768. The average molecular weight is 279 g/mol. The molecule has 1 aliphatic heterocycles. The van der Waals surface area contributed by atoms with Crippen LogP contribution in [0.3, 0.4) is 0 Å². The molecule has 0 aliphatic carbocycles. The van der Waals surface area contributed by atoms with Gasteiger partial charge in [-0.05, 0) is 25.2 Å². The Morgan fingerprint density at radius 2 is 2.25 bits per heavy atom. The maximum atomic E-state index is 12.5. The molecule has 0 spiro atoms. The number of carboxylic acid groups (broad SMARTS) is 1. The van der Waals surface area contributed by atoms with Crippen molar-refractivity contribution in [2.75, 3.05) is 13.1 Å². The highest BCUT2D eigenvalue weighted by Crippen LogP contribution is 2.23. The molecule has 6 heteroatoms. The van der Waals surface area contributed by atoms with E-state index in [2.05, 4.69) is 5.10 Å². The van der Waals surface area contributed by atoms with Crippen molar-refractivity contribution in [3.63, 3.8) is 0 Å². The van der Waals surface area contributed by atoms with Crippen LogP contribution in [0.5, 0.6) is 0 Å². The number of carbonyl (C=O) groups excluding carboxylic acids is 1. The van der Waals surface area contributed by atoms with Crippen LogP contribution in [-0.2, 0) is 18.3 Å². The number of carboxylic acids is 1. The van der Waals surface area contributed by atoms with Crippen LogP contribution < -0.4 is 0 Å². The number of carbonyl (C=O) groups is 2. The third-order valence-electron chi connectivity index (χ3n) is 3.81. The van der Waals surface area contributed by atoms with Crippen molar-refractivity contribution >= 4 is 11.9 Å². The quantitative estimate of drug-likeness (QED) is 0.881. The summed E-state index contributed by atoms with van der Waals surface area (Å²) in [6.07, 6.45) is 4.22. The van der Waals surface area contributed by atoms with Gasteiger partial charge in [0, 0.05) is 32.8 Å². The SMILES string of the molecule is CCc1nn(C)cc1C(=O)N1CCC(CCC(=O)O)C1. The fourth-order valence-electron chi connectivity index (χ4n) is 2.72. The summed E-state index contributed by atoms with van der Waals surface area (Å²) < 4.78 is 1.67. The Morgan fingerprint density at radius 3 is 2.90 bits per heavy atom. The molecule has 1 atom stereocenters. The smallest absolute Gasteiger partial charge is 0.303 e. The number of nitrogens with zero attached hydrogens (tertiary/aromatic N) is 3. The Morgan fingerprint density at radius 1 is 1.50 bits per heavy atom. The molecule has 1 unspecified atom stereocenters. The summed E-state index contributed by atoms with van der Waals surface area (Å²) in [5, 5.41) is 13.0. The first-order valence-corrected chi connectivity index (χ1v) is 7.04. The van der Waals surface area contributed by atoms with Crippen LogP contribution in [0.4, 0.5) is 0 Å². The van der Waals surface area contributed by atoms with E-state index in [-0.39, 0.29) is 12.3 Å². The summed E-state index contributed by atoms with van der Waals surface area (Å²) in [5.41, 5.74) is 1.50. The molecular weight excluding hydrogens is 258 g/mol. The molecule has 6 nitrogen and oxygen atoms in total. The number of hydrogen-bond donors (Lipinski definition) is 1. The molecule has 1 fully saturated rings. The average Bonchev–Trinajstić information content (AvgIpc) is 3.01. The highest BCUT2D eigenvalue weighted by Gasteiger charge is 2.29. The van der Waals surface area contributed by atoms with Gasteiger partial charge >= 0.3 is 5.97 Å². The Kier molecular flexibility index (Phi) is 4.42. The van der Waals surface area contributed by atoms with Gasteiger partial charge in [0.05, 0.1) is 11.3 Å².